The highest BCUT2D eigenvalue weighted by molar-refractivity contribution is 6.01. The van der Waals surface area contributed by atoms with Crippen LogP contribution in [0.4, 0.5) is 9.59 Å². The largest absolute Gasteiger partial charge is 0.477 e. The quantitative estimate of drug-likeness (QED) is 0.117. The van der Waals surface area contributed by atoms with Gasteiger partial charge < -0.3 is 38.8 Å². The van der Waals surface area contributed by atoms with E-state index in [1.54, 1.807) is 41.5 Å². The fraction of sp³-hybridized carbons (Fsp3) is 0.643. The second-order valence-electron chi connectivity index (χ2n) is 11.9. The molecule has 0 spiro atoms. The van der Waals surface area contributed by atoms with Gasteiger partial charge in [-0.05, 0) is 47.6 Å². The molecule has 0 fully saturated rings. The molecule has 1 aliphatic rings. The van der Waals surface area contributed by atoms with Gasteiger partial charge >= 0.3 is 36.1 Å². The van der Waals surface area contributed by atoms with E-state index >= 15 is 0 Å². The Bertz CT molecular complexity index is 1220. The van der Waals surface area contributed by atoms with Gasteiger partial charge in [-0.25, -0.2) is 19.4 Å². The molecule has 5 unspecified atom stereocenters. The van der Waals surface area contributed by atoms with Crippen LogP contribution in [-0.2, 0) is 52.4 Å². The third kappa shape index (κ3) is 14.7. The number of ether oxygens (including phenoxy) is 6. The van der Waals surface area contributed by atoms with Gasteiger partial charge in [-0.2, -0.15) is 0 Å². The molecule has 0 aliphatic carbocycles. The standard InChI is InChI=1S/C28H42N4O14/c1-13(33)29-20-17(30-24(31-25(39)45-27(5,6)7)32-26(40)46-28(8,9)10)11-18(23(37)38)44-22(20)21(43-16(4)36)19(42-15(3)35)12-41-14(2)34/h11,17,19-22H,12H2,1-10H3,(H,29,33)(H,37,38)(H2,30,31,32,39,40). The highest BCUT2D eigenvalue weighted by Gasteiger charge is 2.48. The summed E-state index contributed by atoms with van der Waals surface area (Å²) in [6.07, 6.45) is -6.15. The summed E-state index contributed by atoms with van der Waals surface area (Å²) in [4.78, 5) is 89.9. The van der Waals surface area contributed by atoms with Crippen molar-refractivity contribution in [2.75, 3.05) is 6.61 Å². The lowest BCUT2D eigenvalue weighted by molar-refractivity contribution is -0.187. The van der Waals surface area contributed by atoms with Gasteiger partial charge in [0.2, 0.25) is 17.6 Å². The normalized spacial score (nSPS) is 18.9. The van der Waals surface area contributed by atoms with E-state index in [1.807, 2.05) is 0 Å². The Morgan fingerprint density at radius 1 is 0.848 bits per heavy atom. The molecule has 4 N–H and O–H groups in total. The minimum absolute atomic E-state index is 0.592. The van der Waals surface area contributed by atoms with Crippen LogP contribution in [0.15, 0.2) is 16.8 Å². The van der Waals surface area contributed by atoms with Gasteiger partial charge in [-0.1, -0.05) is 0 Å². The monoisotopic (exact) mass is 658 g/mol. The van der Waals surface area contributed by atoms with E-state index in [2.05, 4.69) is 20.9 Å². The first kappa shape index (κ1) is 39.1. The molecule has 18 heteroatoms. The Balaban J connectivity index is 3.88. The lowest BCUT2D eigenvalue weighted by Crippen LogP contribution is -2.61. The molecule has 0 aromatic heterocycles. The lowest BCUT2D eigenvalue weighted by Gasteiger charge is -2.40. The molecule has 46 heavy (non-hydrogen) atoms. The van der Waals surface area contributed by atoms with Crippen LogP contribution < -0.4 is 16.0 Å². The molecule has 1 heterocycles. The van der Waals surface area contributed by atoms with Crippen LogP contribution in [0.5, 0.6) is 0 Å². The molecular formula is C28H42N4O14. The van der Waals surface area contributed by atoms with Crippen molar-refractivity contribution in [1.29, 1.82) is 0 Å². The minimum atomic E-state index is -1.71. The summed E-state index contributed by atoms with van der Waals surface area (Å²) < 4.78 is 31.7. The number of hydrogen-bond acceptors (Lipinski definition) is 14. The van der Waals surface area contributed by atoms with Gasteiger partial charge in [0.1, 0.15) is 17.8 Å². The number of nitrogens with zero attached hydrogens (tertiary/aromatic N) is 1. The summed E-state index contributed by atoms with van der Waals surface area (Å²) in [7, 11) is 0. The third-order valence-corrected chi connectivity index (χ3v) is 5.17. The van der Waals surface area contributed by atoms with Gasteiger partial charge in [0.15, 0.2) is 18.3 Å². The van der Waals surface area contributed by atoms with Gasteiger partial charge in [-0.3, -0.25) is 29.8 Å². The second-order valence-corrected chi connectivity index (χ2v) is 11.9. The van der Waals surface area contributed by atoms with Crippen molar-refractivity contribution < 1.29 is 67.1 Å². The van der Waals surface area contributed by atoms with Crippen LogP contribution in [0.1, 0.15) is 69.2 Å². The van der Waals surface area contributed by atoms with E-state index in [-0.39, 0.29) is 0 Å². The van der Waals surface area contributed by atoms with Crippen molar-refractivity contribution in [2.45, 2.75) is 111 Å². The van der Waals surface area contributed by atoms with E-state index in [0.717, 1.165) is 33.8 Å². The molecule has 3 amide bonds. The van der Waals surface area contributed by atoms with Crippen molar-refractivity contribution in [2.24, 2.45) is 4.99 Å². The molecule has 0 aromatic rings. The Morgan fingerprint density at radius 3 is 1.74 bits per heavy atom. The smallest absolute Gasteiger partial charge is 0.414 e. The first-order valence-corrected chi connectivity index (χ1v) is 13.9. The fourth-order valence-electron chi connectivity index (χ4n) is 3.83. The Labute approximate surface area is 265 Å². The number of guanidine groups is 1. The lowest BCUT2D eigenvalue weighted by atomic mass is 9.92. The second kappa shape index (κ2) is 16.4. The molecular weight excluding hydrogens is 616 g/mol. The number of amides is 3. The predicted octanol–water partition coefficient (Wildman–Crippen LogP) is 1.06. The van der Waals surface area contributed by atoms with Gasteiger partial charge in [-0.15, -0.1) is 0 Å². The number of carboxylic acids is 1. The van der Waals surface area contributed by atoms with Crippen molar-refractivity contribution >= 4 is 47.9 Å². The summed E-state index contributed by atoms with van der Waals surface area (Å²) in [6, 6.07) is -2.92. The summed E-state index contributed by atoms with van der Waals surface area (Å²) in [5.41, 5.74) is -1.96. The first-order chi connectivity index (χ1) is 21.0. The molecule has 258 valence electrons. The number of aliphatic imine (C=N–C) groups is 1. The molecule has 1 rings (SSSR count). The van der Waals surface area contributed by atoms with Crippen LogP contribution in [0.25, 0.3) is 0 Å². The summed E-state index contributed by atoms with van der Waals surface area (Å²) in [5.74, 6) is -6.30. The van der Waals surface area contributed by atoms with E-state index in [0.29, 0.717) is 0 Å². The summed E-state index contributed by atoms with van der Waals surface area (Å²) in [6.45, 7) is 13.0. The van der Waals surface area contributed by atoms with Crippen molar-refractivity contribution in [3.05, 3.63) is 11.8 Å². The third-order valence-electron chi connectivity index (χ3n) is 5.17. The Hall–Kier alpha value is -4.90. The zero-order valence-electron chi connectivity index (χ0n) is 27.4. The number of esters is 3. The van der Waals surface area contributed by atoms with E-state index in [1.165, 1.54) is 0 Å². The zero-order chi connectivity index (χ0) is 35.6. The first-order valence-electron chi connectivity index (χ1n) is 13.9. The average Bonchev–Trinajstić information content (AvgIpc) is 2.82. The maximum absolute atomic E-state index is 12.7. The number of carboxylic acid groups (broad SMARTS) is 1. The topological polar surface area (TPSA) is 244 Å². The molecule has 5 atom stereocenters. The number of nitrogens with one attached hydrogen (secondary N) is 3. The molecule has 0 bridgehead atoms. The van der Waals surface area contributed by atoms with Crippen molar-refractivity contribution in [3.63, 3.8) is 0 Å². The number of hydrogen-bond donors (Lipinski definition) is 4. The van der Waals surface area contributed by atoms with Crippen molar-refractivity contribution in [3.8, 4) is 0 Å². The van der Waals surface area contributed by atoms with Gasteiger partial charge in [0.05, 0.1) is 12.1 Å². The van der Waals surface area contributed by atoms with Crippen LogP contribution in [0.2, 0.25) is 0 Å². The maximum Gasteiger partial charge on any atom is 0.414 e. The van der Waals surface area contributed by atoms with Crippen molar-refractivity contribution in [1.82, 2.24) is 16.0 Å². The van der Waals surface area contributed by atoms with Crippen LogP contribution in [-0.4, -0.2) is 101 Å². The molecule has 0 aromatic carbocycles. The number of alkyl carbamates (subject to hydrolysis) is 2. The number of rotatable bonds is 9. The van der Waals surface area contributed by atoms with E-state index in [4.69, 9.17) is 28.4 Å². The highest BCUT2D eigenvalue weighted by atomic mass is 16.6. The SMILES string of the molecule is CC(=O)NC1C(N=C(NC(=O)OC(C)(C)C)NC(=O)OC(C)(C)C)C=C(C(=O)O)OC1C(OC(C)=O)C(COC(C)=O)OC(C)=O. The molecule has 0 saturated heterocycles. The van der Waals surface area contributed by atoms with Crippen LogP contribution in [0, 0.1) is 0 Å². The Kier molecular flexibility index (Phi) is 14.0. The van der Waals surface area contributed by atoms with E-state index in [9.17, 15) is 38.7 Å². The molecule has 0 radical (unpaired) electrons. The van der Waals surface area contributed by atoms with Gasteiger partial charge in [0, 0.05) is 27.7 Å². The van der Waals surface area contributed by atoms with Gasteiger partial charge in [0.25, 0.3) is 0 Å². The number of carbonyl (C=O) groups is 7. The molecule has 1 aliphatic heterocycles. The van der Waals surface area contributed by atoms with Crippen LogP contribution in [0.3, 0.4) is 0 Å². The number of carbonyl (C=O) groups excluding carboxylic acids is 6. The van der Waals surface area contributed by atoms with E-state index < -0.39 is 102 Å². The predicted molar refractivity (Wildman–Crippen MR) is 156 cm³/mol. The molecule has 0 saturated carbocycles. The number of aliphatic carboxylic acids is 1. The maximum atomic E-state index is 12.7. The minimum Gasteiger partial charge on any atom is -0.477 e. The Morgan fingerprint density at radius 2 is 1.35 bits per heavy atom. The average molecular weight is 659 g/mol. The fourth-order valence-corrected chi connectivity index (χ4v) is 3.83. The summed E-state index contributed by atoms with van der Waals surface area (Å²) >= 11 is 0. The highest BCUT2D eigenvalue weighted by Crippen LogP contribution is 2.28. The molecule has 18 nitrogen and oxygen atoms in total. The summed E-state index contributed by atoms with van der Waals surface area (Å²) in [5, 5.41) is 16.9. The van der Waals surface area contributed by atoms with Crippen LogP contribution >= 0.6 is 0 Å². The zero-order valence-corrected chi connectivity index (χ0v) is 27.4.